The van der Waals surface area contributed by atoms with Crippen molar-refractivity contribution in [2.75, 3.05) is 13.1 Å². The first-order valence-electron chi connectivity index (χ1n) is 8.07. The fourth-order valence-corrected chi connectivity index (χ4v) is 3.22. The lowest BCUT2D eigenvalue weighted by Crippen LogP contribution is -2.39. The Bertz CT molecular complexity index is 784. The van der Waals surface area contributed by atoms with Crippen molar-refractivity contribution < 1.29 is 18.0 Å². The summed E-state index contributed by atoms with van der Waals surface area (Å²) in [6.07, 6.45) is 1.15. The molecular weight excluding hydrogens is 333 g/mol. The van der Waals surface area contributed by atoms with E-state index < -0.39 is 11.9 Å². The lowest BCUT2D eigenvalue weighted by Gasteiger charge is -2.32. The SMILES string of the molecule is Cc1cncc(C(=O)N2CCC[C@@H](c3nc(C(F)(F)F)cn3C)C2)c1. The molecule has 2 aromatic heterocycles. The molecule has 1 atom stereocenters. The van der Waals surface area contributed by atoms with Gasteiger partial charge in [-0.15, -0.1) is 0 Å². The number of rotatable bonds is 2. The molecule has 25 heavy (non-hydrogen) atoms. The zero-order valence-electron chi connectivity index (χ0n) is 14.0. The van der Waals surface area contributed by atoms with Crippen LogP contribution in [0, 0.1) is 6.92 Å². The van der Waals surface area contributed by atoms with E-state index in [1.165, 1.54) is 10.8 Å². The fourth-order valence-electron chi connectivity index (χ4n) is 3.22. The van der Waals surface area contributed by atoms with Gasteiger partial charge in [-0.3, -0.25) is 9.78 Å². The molecule has 1 saturated heterocycles. The predicted molar refractivity (Wildman–Crippen MR) is 85.1 cm³/mol. The van der Waals surface area contributed by atoms with Gasteiger partial charge in [-0.2, -0.15) is 13.2 Å². The zero-order chi connectivity index (χ0) is 18.2. The van der Waals surface area contributed by atoms with E-state index in [0.717, 1.165) is 18.2 Å². The van der Waals surface area contributed by atoms with Crippen molar-refractivity contribution in [2.24, 2.45) is 7.05 Å². The molecule has 3 heterocycles. The maximum Gasteiger partial charge on any atom is 0.434 e. The molecule has 5 nitrogen and oxygen atoms in total. The summed E-state index contributed by atoms with van der Waals surface area (Å²) in [7, 11) is 1.56. The highest BCUT2D eigenvalue weighted by Crippen LogP contribution is 2.32. The number of halogens is 3. The van der Waals surface area contributed by atoms with Crippen molar-refractivity contribution in [3.05, 3.63) is 47.3 Å². The summed E-state index contributed by atoms with van der Waals surface area (Å²) in [4.78, 5) is 22.1. The van der Waals surface area contributed by atoms with Gasteiger partial charge in [-0.05, 0) is 31.4 Å². The highest BCUT2D eigenvalue weighted by atomic mass is 19.4. The lowest BCUT2D eigenvalue weighted by atomic mass is 9.96. The number of amides is 1. The van der Waals surface area contributed by atoms with Crippen LogP contribution in [0.25, 0.3) is 0 Å². The van der Waals surface area contributed by atoms with Gasteiger partial charge in [0.05, 0.1) is 5.56 Å². The smallest absolute Gasteiger partial charge is 0.338 e. The minimum absolute atomic E-state index is 0.147. The van der Waals surface area contributed by atoms with Crippen molar-refractivity contribution in [3.8, 4) is 0 Å². The number of nitrogens with zero attached hydrogens (tertiary/aromatic N) is 4. The minimum atomic E-state index is -4.46. The summed E-state index contributed by atoms with van der Waals surface area (Å²) < 4.78 is 40.0. The van der Waals surface area contributed by atoms with Crippen LogP contribution >= 0.6 is 0 Å². The molecule has 0 aliphatic carbocycles. The molecule has 0 aromatic carbocycles. The van der Waals surface area contributed by atoms with Gasteiger partial charge >= 0.3 is 6.18 Å². The number of carbonyl (C=O) groups excluding carboxylic acids is 1. The first-order chi connectivity index (χ1) is 11.8. The number of carbonyl (C=O) groups is 1. The lowest BCUT2D eigenvalue weighted by molar-refractivity contribution is -0.141. The second-order valence-electron chi connectivity index (χ2n) is 6.43. The number of alkyl halides is 3. The van der Waals surface area contributed by atoms with Gasteiger partial charge in [-0.25, -0.2) is 4.98 Å². The number of likely N-dealkylation sites (tertiary alicyclic amines) is 1. The van der Waals surface area contributed by atoms with Crippen LogP contribution in [-0.2, 0) is 13.2 Å². The van der Waals surface area contributed by atoms with Crippen LogP contribution in [0.3, 0.4) is 0 Å². The molecule has 1 aliphatic rings. The largest absolute Gasteiger partial charge is 0.434 e. The van der Waals surface area contributed by atoms with E-state index in [1.807, 2.05) is 6.92 Å². The number of aromatic nitrogens is 3. The van der Waals surface area contributed by atoms with E-state index in [4.69, 9.17) is 0 Å². The average molecular weight is 352 g/mol. The van der Waals surface area contributed by atoms with Crippen molar-refractivity contribution in [1.82, 2.24) is 19.4 Å². The second-order valence-corrected chi connectivity index (χ2v) is 6.43. The predicted octanol–water partition coefficient (Wildman–Crippen LogP) is 3.16. The van der Waals surface area contributed by atoms with Gasteiger partial charge in [0.1, 0.15) is 5.82 Å². The van der Waals surface area contributed by atoms with Crippen LogP contribution in [-0.4, -0.2) is 38.4 Å². The first kappa shape index (κ1) is 17.4. The van der Waals surface area contributed by atoms with Crippen molar-refractivity contribution in [1.29, 1.82) is 0 Å². The molecule has 3 rings (SSSR count). The van der Waals surface area contributed by atoms with Crippen LogP contribution < -0.4 is 0 Å². The van der Waals surface area contributed by atoms with E-state index in [0.29, 0.717) is 30.9 Å². The summed E-state index contributed by atoms with van der Waals surface area (Å²) in [5, 5.41) is 0. The Hall–Kier alpha value is -2.38. The summed E-state index contributed by atoms with van der Waals surface area (Å²) in [5.74, 6) is 0.00918. The number of hydrogen-bond acceptors (Lipinski definition) is 3. The maximum atomic E-state index is 12.9. The molecule has 1 amide bonds. The third-order valence-electron chi connectivity index (χ3n) is 4.40. The molecular formula is C17H19F3N4O. The number of hydrogen-bond donors (Lipinski definition) is 0. The van der Waals surface area contributed by atoms with Crippen LogP contribution in [0.5, 0.6) is 0 Å². The molecule has 1 aliphatic heterocycles. The highest BCUT2D eigenvalue weighted by Gasteiger charge is 2.36. The van der Waals surface area contributed by atoms with Crippen LogP contribution in [0.1, 0.15) is 46.2 Å². The molecule has 134 valence electrons. The van der Waals surface area contributed by atoms with E-state index in [9.17, 15) is 18.0 Å². The fraction of sp³-hybridized carbons (Fsp3) is 0.471. The molecule has 0 spiro atoms. The third kappa shape index (κ3) is 3.67. The minimum Gasteiger partial charge on any atom is -0.338 e. The standard InChI is InChI=1S/C17H19F3N4O/c1-11-6-13(8-21-7-11)16(25)24-5-3-4-12(9-24)15-22-14(10-23(15)2)17(18,19)20/h6-8,10,12H,3-5,9H2,1-2H3/t12-/m1/s1. The van der Waals surface area contributed by atoms with Crippen LogP contribution in [0.4, 0.5) is 13.2 Å². The van der Waals surface area contributed by atoms with E-state index in [-0.39, 0.29) is 11.8 Å². The quantitative estimate of drug-likeness (QED) is 0.834. The number of aryl methyl sites for hydroxylation is 2. The summed E-state index contributed by atoms with van der Waals surface area (Å²) in [5.41, 5.74) is 0.492. The molecule has 2 aromatic rings. The molecule has 1 fully saturated rings. The molecule has 0 bridgehead atoms. The Morgan fingerprint density at radius 3 is 2.72 bits per heavy atom. The van der Waals surface area contributed by atoms with Gasteiger partial charge in [0.2, 0.25) is 0 Å². The molecule has 8 heteroatoms. The first-order valence-corrected chi connectivity index (χ1v) is 8.07. The van der Waals surface area contributed by atoms with Gasteiger partial charge in [-0.1, -0.05) is 0 Å². The zero-order valence-corrected chi connectivity index (χ0v) is 14.0. The van der Waals surface area contributed by atoms with E-state index in [2.05, 4.69) is 9.97 Å². The Kier molecular flexibility index (Phi) is 4.53. The van der Waals surface area contributed by atoms with Gasteiger partial charge in [0, 0.05) is 44.6 Å². The summed E-state index contributed by atoms with van der Waals surface area (Å²) >= 11 is 0. The number of imidazole rings is 1. The highest BCUT2D eigenvalue weighted by molar-refractivity contribution is 5.94. The monoisotopic (exact) mass is 352 g/mol. The topological polar surface area (TPSA) is 51.0 Å². The van der Waals surface area contributed by atoms with Crippen molar-refractivity contribution in [3.63, 3.8) is 0 Å². The Morgan fingerprint density at radius 1 is 1.32 bits per heavy atom. The Morgan fingerprint density at radius 2 is 2.08 bits per heavy atom. The summed E-state index contributed by atoms with van der Waals surface area (Å²) in [6.45, 7) is 2.80. The third-order valence-corrected chi connectivity index (χ3v) is 4.40. The molecule has 0 radical (unpaired) electrons. The van der Waals surface area contributed by atoms with Crippen molar-refractivity contribution in [2.45, 2.75) is 31.9 Å². The molecule has 0 N–H and O–H groups in total. The normalized spacial score (nSPS) is 18.4. The van der Waals surface area contributed by atoms with E-state index in [1.54, 1.807) is 24.2 Å². The number of pyridine rings is 1. The van der Waals surface area contributed by atoms with Crippen LogP contribution in [0.2, 0.25) is 0 Å². The average Bonchev–Trinajstić information content (AvgIpc) is 2.96. The number of piperidine rings is 1. The van der Waals surface area contributed by atoms with Gasteiger partial charge in [0.15, 0.2) is 5.69 Å². The summed E-state index contributed by atoms with van der Waals surface area (Å²) in [6, 6.07) is 1.77. The van der Waals surface area contributed by atoms with Crippen LogP contribution in [0.15, 0.2) is 24.7 Å². The molecule has 0 saturated carbocycles. The van der Waals surface area contributed by atoms with Gasteiger partial charge < -0.3 is 9.47 Å². The van der Waals surface area contributed by atoms with Crippen molar-refractivity contribution >= 4 is 5.91 Å². The van der Waals surface area contributed by atoms with E-state index >= 15 is 0 Å². The Labute approximate surface area is 143 Å². The second kappa shape index (κ2) is 6.50. The van der Waals surface area contributed by atoms with Gasteiger partial charge in [0.25, 0.3) is 5.91 Å². The molecule has 0 unspecified atom stereocenters. The Balaban J connectivity index is 1.80. The maximum absolute atomic E-state index is 12.9.